The zero-order valence-electron chi connectivity index (χ0n) is 10.6. The lowest BCUT2D eigenvalue weighted by molar-refractivity contribution is 0.175. The summed E-state index contributed by atoms with van der Waals surface area (Å²) < 4.78 is 7.49. The van der Waals surface area contributed by atoms with Gasteiger partial charge >= 0.3 is 0 Å². The normalized spacial score (nSPS) is 21.9. The molecular weight excluding hydrogens is 216 g/mol. The Balaban J connectivity index is 2.25. The first-order chi connectivity index (χ1) is 8.30. The minimum Gasteiger partial charge on any atom is -0.381 e. The molecule has 2 rings (SSSR count). The summed E-state index contributed by atoms with van der Waals surface area (Å²) in [4.78, 5) is 0. The Morgan fingerprint density at radius 2 is 2.47 bits per heavy atom. The summed E-state index contributed by atoms with van der Waals surface area (Å²) in [5.74, 6) is 6.16. The molecule has 17 heavy (non-hydrogen) atoms. The number of nitrogens with two attached hydrogens (primary N) is 1. The fourth-order valence-electron chi connectivity index (χ4n) is 2.44. The molecule has 0 aromatic carbocycles. The minimum absolute atomic E-state index is 0.144. The van der Waals surface area contributed by atoms with Crippen molar-refractivity contribution in [3.8, 4) is 0 Å². The molecule has 1 aromatic heterocycles. The van der Waals surface area contributed by atoms with Gasteiger partial charge < -0.3 is 4.74 Å². The van der Waals surface area contributed by atoms with Crippen molar-refractivity contribution in [3.63, 3.8) is 0 Å². The topological polar surface area (TPSA) is 65.1 Å². The predicted octanol–water partition coefficient (Wildman–Crippen LogP) is 1.01. The molecular formula is C12H22N4O. The number of hydrazine groups is 1. The van der Waals surface area contributed by atoms with Crippen LogP contribution in [0, 0.1) is 5.92 Å². The average Bonchev–Trinajstić information content (AvgIpc) is 2.99. The van der Waals surface area contributed by atoms with Crippen molar-refractivity contribution in [1.82, 2.24) is 15.2 Å². The van der Waals surface area contributed by atoms with Gasteiger partial charge in [-0.2, -0.15) is 5.10 Å². The number of nitrogens with zero attached hydrogens (tertiary/aromatic N) is 2. The summed E-state index contributed by atoms with van der Waals surface area (Å²) in [6.07, 6.45) is 2.02. The standard InChI is InChI=1S/C12H22N4O/c1-3-10-7-11(16(4-2)15-10)12(14-13)9-5-6-17-8-9/h7,9,12,14H,3-6,8,13H2,1-2H3. The smallest absolute Gasteiger partial charge is 0.0680 e. The van der Waals surface area contributed by atoms with Gasteiger partial charge in [-0.05, 0) is 25.8 Å². The van der Waals surface area contributed by atoms with Crippen LogP contribution in [0.25, 0.3) is 0 Å². The van der Waals surface area contributed by atoms with Crippen LogP contribution in [-0.4, -0.2) is 23.0 Å². The van der Waals surface area contributed by atoms with Gasteiger partial charge in [-0.25, -0.2) is 0 Å². The monoisotopic (exact) mass is 238 g/mol. The summed E-state index contributed by atoms with van der Waals surface area (Å²) >= 11 is 0. The Bertz CT molecular complexity index is 357. The van der Waals surface area contributed by atoms with Crippen LogP contribution >= 0.6 is 0 Å². The molecule has 3 N–H and O–H groups in total. The second-order valence-corrected chi connectivity index (χ2v) is 4.50. The molecule has 2 heterocycles. The molecule has 1 fully saturated rings. The number of aryl methyl sites for hydroxylation is 2. The molecule has 0 radical (unpaired) electrons. The molecule has 0 amide bonds. The Labute approximate surface area is 102 Å². The first-order valence-corrected chi connectivity index (χ1v) is 6.40. The molecule has 1 saturated heterocycles. The van der Waals surface area contributed by atoms with E-state index in [2.05, 4.69) is 30.4 Å². The predicted molar refractivity (Wildman–Crippen MR) is 66.3 cm³/mol. The maximum Gasteiger partial charge on any atom is 0.0680 e. The fourth-order valence-corrected chi connectivity index (χ4v) is 2.44. The lowest BCUT2D eigenvalue weighted by Gasteiger charge is -2.22. The van der Waals surface area contributed by atoms with Crippen molar-refractivity contribution in [2.75, 3.05) is 13.2 Å². The van der Waals surface area contributed by atoms with Crippen molar-refractivity contribution >= 4 is 0 Å². The van der Waals surface area contributed by atoms with E-state index in [-0.39, 0.29) is 6.04 Å². The number of aromatic nitrogens is 2. The third-order valence-corrected chi connectivity index (χ3v) is 3.46. The highest BCUT2D eigenvalue weighted by atomic mass is 16.5. The summed E-state index contributed by atoms with van der Waals surface area (Å²) in [5, 5.41) is 4.57. The highest BCUT2D eigenvalue weighted by Crippen LogP contribution is 2.28. The van der Waals surface area contributed by atoms with Crippen LogP contribution in [-0.2, 0) is 17.7 Å². The first-order valence-electron chi connectivity index (χ1n) is 6.40. The van der Waals surface area contributed by atoms with Gasteiger partial charge in [0.1, 0.15) is 0 Å². The Morgan fingerprint density at radius 1 is 1.65 bits per heavy atom. The van der Waals surface area contributed by atoms with Crippen LogP contribution in [0.2, 0.25) is 0 Å². The van der Waals surface area contributed by atoms with Gasteiger partial charge in [0.15, 0.2) is 0 Å². The van der Waals surface area contributed by atoms with Gasteiger partial charge in [0.2, 0.25) is 0 Å². The van der Waals surface area contributed by atoms with E-state index in [0.717, 1.165) is 38.3 Å². The molecule has 1 aliphatic heterocycles. The average molecular weight is 238 g/mol. The number of hydrogen-bond donors (Lipinski definition) is 2. The van der Waals surface area contributed by atoms with Crippen LogP contribution < -0.4 is 11.3 Å². The van der Waals surface area contributed by atoms with E-state index >= 15 is 0 Å². The first kappa shape index (κ1) is 12.5. The number of hydrogen-bond acceptors (Lipinski definition) is 4. The van der Waals surface area contributed by atoms with Crippen LogP contribution in [0.1, 0.15) is 37.7 Å². The maximum absolute atomic E-state index is 5.71. The molecule has 0 spiro atoms. The second kappa shape index (κ2) is 5.62. The molecule has 96 valence electrons. The van der Waals surface area contributed by atoms with Crippen molar-refractivity contribution in [1.29, 1.82) is 0 Å². The zero-order chi connectivity index (χ0) is 12.3. The van der Waals surface area contributed by atoms with E-state index in [4.69, 9.17) is 10.6 Å². The molecule has 0 saturated carbocycles. The van der Waals surface area contributed by atoms with Crippen molar-refractivity contribution in [2.45, 2.75) is 39.3 Å². The van der Waals surface area contributed by atoms with E-state index in [1.165, 1.54) is 5.69 Å². The van der Waals surface area contributed by atoms with Crippen LogP contribution in [0.15, 0.2) is 6.07 Å². The minimum atomic E-state index is 0.144. The largest absolute Gasteiger partial charge is 0.381 e. The molecule has 5 nitrogen and oxygen atoms in total. The van der Waals surface area contributed by atoms with E-state index in [1.807, 2.05) is 4.68 Å². The molecule has 2 atom stereocenters. The van der Waals surface area contributed by atoms with Gasteiger partial charge in [0, 0.05) is 19.1 Å². The Kier molecular flexibility index (Phi) is 4.15. The summed E-state index contributed by atoms with van der Waals surface area (Å²) in [5.41, 5.74) is 5.24. The SMILES string of the molecule is CCc1cc(C(NN)C2CCOC2)n(CC)n1. The van der Waals surface area contributed by atoms with E-state index in [0.29, 0.717) is 5.92 Å². The third kappa shape index (κ3) is 2.51. The van der Waals surface area contributed by atoms with Crippen molar-refractivity contribution < 1.29 is 4.74 Å². The van der Waals surface area contributed by atoms with Crippen LogP contribution in [0.4, 0.5) is 0 Å². The summed E-state index contributed by atoms with van der Waals surface area (Å²) in [6.45, 7) is 6.72. The Morgan fingerprint density at radius 3 is 3.00 bits per heavy atom. The van der Waals surface area contributed by atoms with Gasteiger partial charge in [-0.15, -0.1) is 0 Å². The summed E-state index contributed by atoms with van der Waals surface area (Å²) in [7, 11) is 0. The van der Waals surface area contributed by atoms with Crippen molar-refractivity contribution in [2.24, 2.45) is 11.8 Å². The van der Waals surface area contributed by atoms with Crippen LogP contribution in [0.3, 0.4) is 0 Å². The quantitative estimate of drug-likeness (QED) is 0.593. The third-order valence-electron chi connectivity index (χ3n) is 3.46. The highest BCUT2D eigenvalue weighted by Gasteiger charge is 2.28. The van der Waals surface area contributed by atoms with E-state index in [1.54, 1.807) is 0 Å². The lowest BCUT2D eigenvalue weighted by atomic mass is 9.96. The Hall–Kier alpha value is -0.910. The molecule has 5 heteroatoms. The summed E-state index contributed by atoms with van der Waals surface area (Å²) in [6, 6.07) is 2.30. The van der Waals surface area contributed by atoms with Gasteiger partial charge in [0.05, 0.1) is 24.0 Å². The molecule has 0 bridgehead atoms. The second-order valence-electron chi connectivity index (χ2n) is 4.50. The fraction of sp³-hybridized carbons (Fsp3) is 0.750. The highest BCUT2D eigenvalue weighted by molar-refractivity contribution is 5.15. The maximum atomic E-state index is 5.71. The number of rotatable bonds is 5. The van der Waals surface area contributed by atoms with Gasteiger partial charge in [-0.1, -0.05) is 6.92 Å². The molecule has 1 aliphatic rings. The van der Waals surface area contributed by atoms with Crippen LogP contribution in [0.5, 0.6) is 0 Å². The van der Waals surface area contributed by atoms with Gasteiger partial charge in [0.25, 0.3) is 0 Å². The van der Waals surface area contributed by atoms with E-state index in [9.17, 15) is 0 Å². The number of nitrogens with one attached hydrogen (secondary N) is 1. The molecule has 0 aliphatic carbocycles. The van der Waals surface area contributed by atoms with Gasteiger partial charge in [-0.3, -0.25) is 16.0 Å². The van der Waals surface area contributed by atoms with Crippen molar-refractivity contribution in [3.05, 3.63) is 17.5 Å². The molecule has 2 unspecified atom stereocenters. The lowest BCUT2D eigenvalue weighted by Crippen LogP contribution is -2.35. The van der Waals surface area contributed by atoms with E-state index < -0.39 is 0 Å². The molecule has 1 aromatic rings. The number of ether oxygens (including phenoxy) is 1. The zero-order valence-corrected chi connectivity index (χ0v) is 10.6.